The van der Waals surface area contributed by atoms with Gasteiger partial charge in [0, 0.05) is 23.7 Å². The van der Waals surface area contributed by atoms with E-state index in [-0.39, 0.29) is 5.84 Å². The number of aromatic nitrogens is 2. The molecule has 88 valence electrons. The summed E-state index contributed by atoms with van der Waals surface area (Å²) in [4.78, 5) is 7.14. The lowest BCUT2D eigenvalue weighted by Gasteiger charge is -2.02. The molecule has 6 heteroatoms. The second-order valence-corrected chi connectivity index (χ2v) is 4.33. The average molecular weight is 248 g/mol. The van der Waals surface area contributed by atoms with E-state index in [2.05, 4.69) is 15.1 Å². The van der Waals surface area contributed by atoms with E-state index in [1.165, 1.54) is 0 Å². The fraction of sp³-hybridized carbons (Fsp3) is 0.0909. The van der Waals surface area contributed by atoms with E-state index >= 15 is 0 Å². The molecule has 0 aliphatic heterocycles. The Morgan fingerprint density at radius 1 is 1.53 bits per heavy atom. The fourth-order valence-electron chi connectivity index (χ4n) is 1.36. The Balaban J connectivity index is 2.06. The van der Waals surface area contributed by atoms with Crippen molar-refractivity contribution >= 4 is 17.6 Å². The van der Waals surface area contributed by atoms with E-state index in [9.17, 15) is 0 Å². The Hall–Kier alpha value is -1.95. The van der Waals surface area contributed by atoms with Gasteiger partial charge in [0.15, 0.2) is 11.0 Å². The van der Waals surface area contributed by atoms with Crippen molar-refractivity contribution in [3.05, 3.63) is 47.8 Å². The third-order valence-corrected chi connectivity index (χ3v) is 3.15. The number of H-pyrrole nitrogens is 1. The molecule has 1 aromatic carbocycles. The van der Waals surface area contributed by atoms with E-state index in [1.807, 2.05) is 18.2 Å². The summed E-state index contributed by atoms with van der Waals surface area (Å²) in [6.45, 7) is 0. The standard InChI is InChI=1S/C11H12N4OS/c12-10(15-16)9-3-1-2-8(6-9)7-17-11-13-4-5-14-11/h1-6,16H,7H2,(H2,12,15)(H,13,14). The van der Waals surface area contributed by atoms with Crippen LogP contribution in [-0.4, -0.2) is 21.0 Å². The maximum Gasteiger partial charge on any atom is 0.170 e. The highest BCUT2D eigenvalue weighted by Crippen LogP contribution is 2.19. The van der Waals surface area contributed by atoms with E-state index < -0.39 is 0 Å². The van der Waals surface area contributed by atoms with Crippen molar-refractivity contribution in [2.24, 2.45) is 10.9 Å². The second kappa shape index (κ2) is 5.40. The molecule has 0 aliphatic carbocycles. The number of hydrogen-bond acceptors (Lipinski definition) is 4. The lowest BCUT2D eigenvalue weighted by molar-refractivity contribution is 0.318. The molecule has 0 spiro atoms. The van der Waals surface area contributed by atoms with Crippen LogP contribution < -0.4 is 5.73 Å². The number of thioether (sulfide) groups is 1. The summed E-state index contributed by atoms with van der Waals surface area (Å²) in [5, 5.41) is 12.5. The first-order valence-electron chi connectivity index (χ1n) is 4.98. The molecule has 0 bridgehead atoms. The van der Waals surface area contributed by atoms with Gasteiger partial charge in [0.05, 0.1) is 0 Å². The summed E-state index contributed by atoms with van der Waals surface area (Å²) in [6.07, 6.45) is 3.50. The molecule has 1 aromatic heterocycles. The van der Waals surface area contributed by atoms with E-state index in [0.29, 0.717) is 5.56 Å². The third-order valence-electron chi connectivity index (χ3n) is 2.18. The molecule has 0 radical (unpaired) electrons. The monoisotopic (exact) mass is 248 g/mol. The highest BCUT2D eigenvalue weighted by atomic mass is 32.2. The van der Waals surface area contributed by atoms with E-state index in [4.69, 9.17) is 10.9 Å². The van der Waals surface area contributed by atoms with Crippen LogP contribution in [0, 0.1) is 0 Å². The number of nitrogens with two attached hydrogens (primary N) is 1. The minimum Gasteiger partial charge on any atom is -0.409 e. The fourth-order valence-corrected chi connectivity index (χ4v) is 2.13. The number of benzene rings is 1. The van der Waals surface area contributed by atoms with Crippen LogP contribution in [0.3, 0.4) is 0 Å². The van der Waals surface area contributed by atoms with E-state index in [1.54, 1.807) is 30.2 Å². The van der Waals surface area contributed by atoms with Gasteiger partial charge < -0.3 is 15.9 Å². The van der Waals surface area contributed by atoms with Crippen LogP contribution in [0.1, 0.15) is 11.1 Å². The Kier molecular flexibility index (Phi) is 3.66. The summed E-state index contributed by atoms with van der Waals surface area (Å²) in [5.74, 6) is 0.898. The van der Waals surface area contributed by atoms with Gasteiger partial charge in [-0.25, -0.2) is 4.98 Å². The van der Waals surface area contributed by atoms with Crippen LogP contribution in [0.2, 0.25) is 0 Å². The molecule has 1 heterocycles. The quantitative estimate of drug-likeness (QED) is 0.253. The predicted molar refractivity (Wildman–Crippen MR) is 67.1 cm³/mol. The zero-order chi connectivity index (χ0) is 12.1. The largest absolute Gasteiger partial charge is 0.409 e. The van der Waals surface area contributed by atoms with Gasteiger partial charge in [0.25, 0.3) is 0 Å². The van der Waals surface area contributed by atoms with Gasteiger partial charge in [-0.1, -0.05) is 35.1 Å². The second-order valence-electron chi connectivity index (χ2n) is 3.37. The number of hydrogen-bond donors (Lipinski definition) is 3. The number of oxime groups is 1. The predicted octanol–water partition coefficient (Wildman–Crippen LogP) is 1.80. The van der Waals surface area contributed by atoms with Gasteiger partial charge in [-0.2, -0.15) is 0 Å². The number of amidine groups is 1. The Morgan fingerprint density at radius 2 is 2.41 bits per heavy atom. The molecule has 0 aliphatic rings. The molecule has 4 N–H and O–H groups in total. The minimum atomic E-state index is 0.120. The number of aromatic amines is 1. The molecule has 0 amide bonds. The zero-order valence-corrected chi connectivity index (χ0v) is 9.81. The third kappa shape index (κ3) is 3.01. The zero-order valence-electron chi connectivity index (χ0n) is 9.00. The first-order chi connectivity index (χ1) is 8.29. The average Bonchev–Trinajstić information content (AvgIpc) is 2.89. The van der Waals surface area contributed by atoms with Crippen LogP contribution in [0.4, 0.5) is 0 Å². The summed E-state index contributed by atoms with van der Waals surface area (Å²) < 4.78 is 0. The van der Waals surface area contributed by atoms with E-state index in [0.717, 1.165) is 16.5 Å². The Morgan fingerprint density at radius 3 is 3.12 bits per heavy atom. The topological polar surface area (TPSA) is 87.3 Å². The first-order valence-corrected chi connectivity index (χ1v) is 5.97. The molecular weight excluding hydrogens is 236 g/mol. The maximum atomic E-state index is 8.60. The molecule has 5 nitrogen and oxygen atoms in total. The smallest absolute Gasteiger partial charge is 0.170 e. The lowest BCUT2D eigenvalue weighted by Crippen LogP contribution is -2.13. The van der Waals surface area contributed by atoms with Crippen molar-refractivity contribution in [3.63, 3.8) is 0 Å². The van der Waals surface area contributed by atoms with Gasteiger partial charge in [0.1, 0.15) is 0 Å². The lowest BCUT2D eigenvalue weighted by atomic mass is 10.1. The molecule has 0 fully saturated rings. The maximum absolute atomic E-state index is 8.60. The molecule has 0 saturated carbocycles. The number of nitrogens with zero attached hydrogens (tertiary/aromatic N) is 2. The number of rotatable bonds is 4. The minimum absolute atomic E-state index is 0.120. The van der Waals surface area contributed by atoms with Crippen molar-refractivity contribution < 1.29 is 5.21 Å². The van der Waals surface area contributed by atoms with Gasteiger partial charge in [-0.05, 0) is 11.6 Å². The van der Waals surface area contributed by atoms with Gasteiger partial charge in [-0.15, -0.1) is 0 Å². The van der Waals surface area contributed by atoms with Crippen LogP contribution in [0.25, 0.3) is 0 Å². The van der Waals surface area contributed by atoms with Gasteiger partial charge >= 0.3 is 0 Å². The van der Waals surface area contributed by atoms with Crippen molar-refractivity contribution in [3.8, 4) is 0 Å². The van der Waals surface area contributed by atoms with Gasteiger partial charge in [0.2, 0.25) is 0 Å². The van der Waals surface area contributed by atoms with Crippen molar-refractivity contribution in [2.45, 2.75) is 10.9 Å². The molecule has 17 heavy (non-hydrogen) atoms. The molecule has 0 atom stereocenters. The summed E-state index contributed by atoms with van der Waals surface area (Å²) in [5.41, 5.74) is 7.33. The summed E-state index contributed by atoms with van der Waals surface area (Å²) in [7, 11) is 0. The van der Waals surface area contributed by atoms with Crippen LogP contribution in [-0.2, 0) is 5.75 Å². The van der Waals surface area contributed by atoms with Crippen LogP contribution in [0.15, 0.2) is 47.0 Å². The molecular formula is C11H12N4OS. The summed E-state index contributed by atoms with van der Waals surface area (Å²) in [6, 6.07) is 7.57. The Bertz CT molecular complexity index is 510. The van der Waals surface area contributed by atoms with Crippen molar-refractivity contribution in [1.29, 1.82) is 0 Å². The first kappa shape index (κ1) is 11.5. The van der Waals surface area contributed by atoms with Crippen molar-refractivity contribution in [2.75, 3.05) is 0 Å². The van der Waals surface area contributed by atoms with Crippen LogP contribution >= 0.6 is 11.8 Å². The Labute approximate surface area is 103 Å². The number of nitrogens with one attached hydrogen (secondary N) is 1. The highest BCUT2D eigenvalue weighted by molar-refractivity contribution is 7.98. The molecule has 2 rings (SSSR count). The van der Waals surface area contributed by atoms with Gasteiger partial charge in [-0.3, -0.25) is 0 Å². The molecule has 0 unspecified atom stereocenters. The van der Waals surface area contributed by atoms with Crippen LogP contribution in [0.5, 0.6) is 0 Å². The summed E-state index contributed by atoms with van der Waals surface area (Å²) >= 11 is 1.60. The molecule has 2 aromatic rings. The van der Waals surface area contributed by atoms with Crippen molar-refractivity contribution in [1.82, 2.24) is 9.97 Å². The normalized spacial score (nSPS) is 11.6. The highest BCUT2D eigenvalue weighted by Gasteiger charge is 2.02. The number of imidazole rings is 1. The molecule has 0 saturated heterocycles. The SMILES string of the molecule is N/C(=N/O)c1cccc(CSc2ncc[nH]2)c1.